The first-order valence-electron chi connectivity index (χ1n) is 48.1. The van der Waals surface area contributed by atoms with E-state index in [1.165, 1.54) is 154 Å². The number of carbonyl (C=O) groups excluding carboxylic acids is 3. The van der Waals surface area contributed by atoms with Gasteiger partial charge in [0.05, 0.1) is 26.4 Å². The molecule has 0 rings (SSSR count). The van der Waals surface area contributed by atoms with Crippen LogP contribution in [-0.4, -0.2) is 95.9 Å². The van der Waals surface area contributed by atoms with Gasteiger partial charge in [-0.2, -0.15) is 0 Å². The first-order valence-corrected chi connectivity index (χ1v) is 51.1. The Kier molecular flexibility index (Phi) is 89.6. The average molecular weight is 1730 g/mol. The van der Waals surface area contributed by atoms with Crippen LogP contribution < -0.4 is 0 Å². The third kappa shape index (κ3) is 95.2. The molecule has 0 aliphatic heterocycles. The van der Waals surface area contributed by atoms with Crippen LogP contribution in [0.2, 0.25) is 0 Å². The van der Waals surface area contributed by atoms with Gasteiger partial charge in [-0.25, -0.2) is 9.13 Å². The predicted molar refractivity (Wildman–Crippen MR) is 509 cm³/mol. The maximum Gasteiger partial charge on any atom is 0.472 e. The third-order valence-electron chi connectivity index (χ3n) is 20.1. The molecule has 0 aromatic heterocycles. The van der Waals surface area contributed by atoms with Crippen molar-refractivity contribution in [3.8, 4) is 0 Å². The molecule has 18 heteroatoms. The lowest BCUT2D eigenvalue weighted by atomic mass is 10.0. The number of aliphatic hydroxyl groups is 2. The van der Waals surface area contributed by atoms with Crippen molar-refractivity contribution in [3.05, 3.63) is 182 Å². The lowest BCUT2D eigenvalue weighted by Gasteiger charge is -2.21. The number of esters is 3. The molecule has 0 aliphatic rings. The molecule has 0 bridgehead atoms. The highest BCUT2D eigenvalue weighted by Gasteiger charge is 2.30. The van der Waals surface area contributed by atoms with Crippen LogP contribution in [0.1, 0.15) is 393 Å². The van der Waals surface area contributed by atoms with Gasteiger partial charge in [-0.05, 0) is 154 Å². The van der Waals surface area contributed by atoms with Gasteiger partial charge in [-0.1, -0.05) is 402 Å². The van der Waals surface area contributed by atoms with E-state index >= 15 is 0 Å². The zero-order valence-corrected chi connectivity index (χ0v) is 78.2. The number of aliphatic hydroxyl groups excluding tert-OH is 2. The van der Waals surface area contributed by atoms with Gasteiger partial charge in [0.15, 0.2) is 6.10 Å². The minimum atomic E-state index is -4.95. The molecular formula is C103H174O16P2. The van der Waals surface area contributed by atoms with Crippen LogP contribution in [0.4, 0.5) is 0 Å². The Bertz CT molecular complexity index is 2930. The molecule has 0 saturated carbocycles. The molecule has 0 aliphatic carbocycles. The van der Waals surface area contributed by atoms with Crippen molar-refractivity contribution in [2.75, 3.05) is 39.6 Å². The summed E-state index contributed by atoms with van der Waals surface area (Å²) >= 11 is 0. The molecule has 121 heavy (non-hydrogen) atoms. The van der Waals surface area contributed by atoms with Gasteiger partial charge in [0.1, 0.15) is 25.4 Å². The number of rotatable bonds is 90. The molecule has 5 atom stereocenters. The van der Waals surface area contributed by atoms with E-state index in [2.05, 4.69) is 203 Å². The number of hydrogen-bond acceptors (Lipinski definition) is 14. The largest absolute Gasteiger partial charge is 0.472 e. The molecule has 0 saturated heterocycles. The molecule has 0 heterocycles. The quantitative estimate of drug-likeness (QED) is 0.0146. The highest BCUT2D eigenvalue weighted by atomic mass is 31.2. The number of hydrogen-bond donors (Lipinski definition) is 4. The Morgan fingerprint density at radius 1 is 0.231 bits per heavy atom. The van der Waals surface area contributed by atoms with Crippen LogP contribution in [0.15, 0.2) is 182 Å². The fourth-order valence-electron chi connectivity index (χ4n) is 12.9. The second-order valence-electron chi connectivity index (χ2n) is 31.7. The van der Waals surface area contributed by atoms with Gasteiger partial charge in [-0.3, -0.25) is 32.5 Å². The van der Waals surface area contributed by atoms with Crippen LogP contribution in [0.5, 0.6) is 0 Å². The molecule has 16 nitrogen and oxygen atoms in total. The van der Waals surface area contributed by atoms with Gasteiger partial charge in [0.2, 0.25) is 0 Å². The molecule has 0 spiro atoms. The van der Waals surface area contributed by atoms with Crippen molar-refractivity contribution in [1.82, 2.24) is 0 Å². The number of phosphoric acid groups is 2. The Morgan fingerprint density at radius 3 is 0.653 bits per heavy atom. The lowest BCUT2D eigenvalue weighted by molar-refractivity contribution is -0.161. The second-order valence-corrected chi connectivity index (χ2v) is 34.6. The van der Waals surface area contributed by atoms with E-state index < -0.39 is 91.5 Å². The van der Waals surface area contributed by atoms with Crippen LogP contribution in [0.25, 0.3) is 0 Å². The van der Waals surface area contributed by atoms with Gasteiger partial charge < -0.3 is 34.2 Å². The Balaban J connectivity index is 4.61. The molecule has 692 valence electrons. The highest BCUT2D eigenvalue weighted by Crippen LogP contribution is 2.45. The summed E-state index contributed by atoms with van der Waals surface area (Å²) in [5, 5.41) is 20.8. The van der Waals surface area contributed by atoms with E-state index in [-0.39, 0.29) is 19.3 Å². The first-order chi connectivity index (χ1) is 59.2. The van der Waals surface area contributed by atoms with Crippen molar-refractivity contribution < 1.29 is 75.8 Å². The summed E-state index contributed by atoms with van der Waals surface area (Å²) in [4.78, 5) is 59.1. The number of ether oxygens (including phenoxy) is 3. The predicted octanol–water partition coefficient (Wildman–Crippen LogP) is 30.0. The van der Waals surface area contributed by atoms with E-state index in [9.17, 15) is 43.5 Å². The van der Waals surface area contributed by atoms with Crippen LogP contribution in [-0.2, 0) is 55.8 Å². The number of allylic oxidation sites excluding steroid dienone is 30. The van der Waals surface area contributed by atoms with E-state index in [0.29, 0.717) is 19.3 Å². The van der Waals surface area contributed by atoms with Crippen LogP contribution in [0, 0.1) is 0 Å². The standard InChI is InChI=1S/C103H174O16P2/c1-4-7-10-13-16-19-22-25-28-31-34-37-40-42-44-46-48-50-52-54-57-59-62-65-68-71-74-77-80-83-86-89-101(106)113-92-98(104)93-115-120(109,110)116-94-99(105)95-117-121(111,112)118-97-100(119-103(108)91-88-85-82-79-76-73-70-67-64-61-56-39-36-33-30-27-24-21-18-15-12-9-6-3)96-114-102(107)90-87-84-81-78-75-72-69-66-63-60-58-55-53-51-49-47-45-43-41-38-35-32-29-26-23-20-17-14-11-8-5-2/h7-12,16-21,25-30,34-39,42-45,61,64,98-100,104-105H,4-6,13-15,22-24,31-33,40-41,46-60,62-63,65-97H2,1-3H3,(H,109,110)(H,111,112)/b10-7-,11-8-,12-9-,19-16-,20-17-,21-18-,28-25-,29-26-,30-27-,37-34-,38-35-,39-36-,44-42-,45-43-,64-61-. The fraction of sp³-hybridized carbons (Fsp3) is 0.680. The smallest absolute Gasteiger partial charge is 0.463 e. The van der Waals surface area contributed by atoms with Crippen molar-refractivity contribution in [2.45, 2.75) is 411 Å². The molecular weight excluding hydrogens is 1560 g/mol. The van der Waals surface area contributed by atoms with Gasteiger partial charge >= 0.3 is 33.6 Å². The third-order valence-corrected chi connectivity index (χ3v) is 22.0. The molecule has 4 N–H and O–H groups in total. The number of phosphoric ester groups is 2. The fourth-order valence-corrected chi connectivity index (χ4v) is 14.5. The SMILES string of the molecule is CC/C=C\C/C=C\C/C=C\C/C=C\C/C=C\CCCCCCCCCCCCCCCCCC(=O)OCC(O)COP(=O)(O)OCC(O)COP(=O)(O)OCC(COC(=O)CCCCCCCCCCCCCCCCC/C=C\C/C=C\C/C=C\C/C=C\C/C=C\CC)OC(=O)CCCCCCCCC/C=C\C/C=C\C/C=C\C/C=C\C/C=C\CC. The summed E-state index contributed by atoms with van der Waals surface area (Å²) in [6.07, 6.45) is 124. The maximum absolute atomic E-state index is 13.1. The topological polar surface area (TPSA) is 231 Å². The van der Waals surface area contributed by atoms with E-state index in [1.54, 1.807) is 0 Å². The van der Waals surface area contributed by atoms with Crippen molar-refractivity contribution >= 4 is 33.6 Å². The highest BCUT2D eigenvalue weighted by molar-refractivity contribution is 7.47. The maximum atomic E-state index is 13.1. The summed E-state index contributed by atoms with van der Waals surface area (Å²) in [6.45, 7) is 2.38. The van der Waals surface area contributed by atoms with Crippen molar-refractivity contribution in [1.29, 1.82) is 0 Å². The Labute approximate surface area is 738 Å². The summed E-state index contributed by atoms with van der Waals surface area (Å²) in [7, 11) is -9.82. The molecule has 0 aromatic carbocycles. The summed E-state index contributed by atoms with van der Waals surface area (Å²) in [5.74, 6) is -1.58. The molecule has 0 amide bonds. The molecule has 0 fully saturated rings. The first kappa shape index (κ1) is 116. The second kappa shape index (κ2) is 93.8. The van der Waals surface area contributed by atoms with Gasteiger partial charge in [-0.15, -0.1) is 0 Å². The van der Waals surface area contributed by atoms with E-state index in [0.717, 1.165) is 180 Å². The van der Waals surface area contributed by atoms with Crippen LogP contribution >= 0.6 is 15.6 Å². The minimum absolute atomic E-state index is 0.0875. The van der Waals surface area contributed by atoms with Gasteiger partial charge in [0.25, 0.3) is 0 Å². The molecule has 5 unspecified atom stereocenters. The number of carbonyl (C=O) groups is 3. The summed E-state index contributed by atoms with van der Waals surface area (Å²) in [5.41, 5.74) is 0. The van der Waals surface area contributed by atoms with Crippen molar-refractivity contribution in [2.24, 2.45) is 0 Å². The normalized spacial score (nSPS) is 14.5. The van der Waals surface area contributed by atoms with Gasteiger partial charge in [0, 0.05) is 19.3 Å². The van der Waals surface area contributed by atoms with E-state index in [4.69, 9.17) is 32.3 Å². The minimum Gasteiger partial charge on any atom is -0.463 e. The lowest BCUT2D eigenvalue weighted by Crippen LogP contribution is -2.30. The van der Waals surface area contributed by atoms with Crippen molar-refractivity contribution in [3.63, 3.8) is 0 Å². The van der Waals surface area contributed by atoms with Crippen LogP contribution in [0.3, 0.4) is 0 Å². The molecule has 0 aromatic rings. The zero-order valence-electron chi connectivity index (χ0n) is 76.4. The molecule has 0 radical (unpaired) electrons. The Hall–Kier alpha value is -5.35. The average Bonchev–Trinajstić information content (AvgIpc) is 0.884. The summed E-state index contributed by atoms with van der Waals surface area (Å²) in [6, 6.07) is 0. The van der Waals surface area contributed by atoms with E-state index in [1.807, 2.05) is 0 Å². The monoisotopic (exact) mass is 1730 g/mol. The Morgan fingerprint density at radius 2 is 0.413 bits per heavy atom. The zero-order chi connectivity index (χ0) is 87.9. The summed E-state index contributed by atoms with van der Waals surface area (Å²) < 4.78 is 61.6. The number of unbranched alkanes of at least 4 members (excludes halogenated alkanes) is 37.